The summed E-state index contributed by atoms with van der Waals surface area (Å²) in [6, 6.07) is 0. The number of nitrogens with one attached hydrogen (secondary N) is 1. The van der Waals surface area contributed by atoms with E-state index in [-0.39, 0.29) is 6.10 Å². The smallest absolute Gasteiger partial charge is 0.0609 e. The highest BCUT2D eigenvalue weighted by atomic mass is 16.3. The van der Waals surface area contributed by atoms with Crippen LogP contribution in [0.4, 0.5) is 0 Å². The maximum absolute atomic E-state index is 10.3. The van der Waals surface area contributed by atoms with E-state index in [9.17, 15) is 5.11 Å². The van der Waals surface area contributed by atoms with Crippen LogP contribution in [0.15, 0.2) is 0 Å². The molecule has 2 nitrogen and oxygen atoms in total. The number of aliphatic hydroxyl groups is 1. The molecule has 1 aliphatic heterocycles. The van der Waals surface area contributed by atoms with Crippen LogP contribution in [0.3, 0.4) is 0 Å². The third kappa shape index (κ3) is 2.29. The lowest BCUT2D eigenvalue weighted by atomic mass is 9.76. The first kappa shape index (κ1) is 10.4. The molecule has 1 aliphatic carbocycles. The molecule has 1 saturated heterocycles. The molecule has 0 spiro atoms. The van der Waals surface area contributed by atoms with E-state index >= 15 is 0 Å². The first-order valence-electron chi connectivity index (χ1n) is 6.16. The number of aliphatic hydroxyl groups excluding tert-OH is 1. The molecule has 2 aliphatic rings. The normalized spacial score (nSPS) is 41.1. The number of hydrogen-bond donors (Lipinski definition) is 2. The van der Waals surface area contributed by atoms with E-state index in [0.29, 0.717) is 11.8 Å². The summed E-state index contributed by atoms with van der Waals surface area (Å²) in [6.07, 6.45) is 6.33. The topological polar surface area (TPSA) is 32.3 Å². The number of hydrogen-bond acceptors (Lipinski definition) is 2. The van der Waals surface area contributed by atoms with Gasteiger partial charge in [-0.05, 0) is 43.6 Å². The third-order valence-electron chi connectivity index (χ3n) is 4.04. The summed E-state index contributed by atoms with van der Waals surface area (Å²) in [5.74, 6) is 1.95. The Bertz CT molecular complexity index is 177. The quantitative estimate of drug-likeness (QED) is 0.707. The molecule has 1 saturated carbocycles. The van der Waals surface area contributed by atoms with E-state index in [1.807, 2.05) is 0 Å². The minimum Gasteiger partial charge on any atom is -0.393 e. The third-order valence-corrected chi connectivity index (χ3v) is 4.04. The Morgan fingerprint density at radius 2 is 2.07 bits per heavy atom. The molecule has 0 amide bonds. The Morgan fingerprint density at radius 1 is 1.21 bits per heavy atom. The summed E-state index contributed by atoms with van der Waals surface area (Å²) >= 11 is 0. The van der Waals surface area contributed by atoms with E-state index in [1.54, 1.807) is 0 Å². The Balaban J connectivity index is 1.86. The van der Waals surface area contributed by atoms with E-state index in [4.69, 9.17) is 0 Å². The van der Waals surface area contributed by atoms with Crippen LogP contribution in [0.2, 0.25) is 0 Å². The van der Waals surface area contributed by atoms with Gasteiger partial charge in [-0.3, -0.25) is 0 Å². The summed E-state index contributed by atoms with van der Waals surface area (Å²) in [5, 5.41) is 13.6. The molecule has 82 valence electrons. The highest BCUT2D eigenvalue weighted by Crippen LogP contribution is 2.34. The molecular formula is C12H23NO. The predicted octanol–water partition coefficient (Wildman–Crippen LogP) is 1.78. The van der Waals surface area contributed by atoms with E-state index < -0.39 is 0 Å². The monoisotopic (exact) mass is 197 g/mol. The molecule has 2 fully saturated rings. The Hall–Kier alpha value is -0.0800. The summed E-state index contributed by atoms with van der Waals surface area (Å²) in [6.45, 7) is 4.46. The first-order valence-corrected chi connectivity index (χ1v) is 6.16. The molecule has 2 rings (SSSR count). The molecule has 14 heavy (non-hydrogen) atoms. The molecule has 0 bridgehead atoms. The maximum atomic E-state index is 10.3. The zero-order valence-electron chi connectivity index (χ0n) is 9.21. The highest BCUT2D eigenvalue weighted by Gasteiger charge is 2.32. The van der Waals surface area contributed by atoms with Gasteiger partial charge in [0.15, 0.2) is 0 Å². The Morgan fingerprint density at radius 3 is 2.71 bits per heavy atom. The lowest BCUT2D eigenvalue weighted by molar-refractivity contribution is 0.0306. The summed E-state index contributed by atoms with van der Waals surface area (Å²) < 4.78 is 0. The maximum Gasteiger partial charge on any atom is 0.0609 e. The van der Waals surface area contributed by atoms with Crippen molar-refractivity contribution in [1.82, 2.24) is 5.32 Å². The van der Waals surface area contributed by atoms with Gasteiger partial charge in [-0.1, -0.05) is 19.8 Å². The second-order valence-corrected chi connectivity index (χ2v) is 5.28. The van der Waals surface area contributed by atoms with Gasteiger partial charge in [-0.15, -0.1) is 0 Å². The van der Waals surface area contributed by atoms with Crippen molar-refractivity contribution in [2.45, 2.75) is 45.1 Å². The largest absolute Gasteiger partial charge is 0.393 e. The zero-order chi connectivity index (χ0) is 9.97. The van der Waals surface area contributed by atoms with Crippen molar-refractivity contribution in [3.05, 3.63) is 0 Å². The molecule has 1 heterocycles. The Kier molecular flexibility index (Phi) is 3.45. The van der Waals surface area contributed by atoms with Crippen molar-refractivity contribution < 1.29 is 5.11 Å². The van der Waals surface area contributed by atoms with Crippen LogP contribution in [0.25, 0.3) is 0 Å². The van der Waals surface area contributed by atoms with Crippen molar-refractivity contribution in [2.75, 3.05) is 13.1 Å². The van der Waals surface area contributed by atoms with Crippen LogP contribution in [0.5, 0.6) is 0 Å². The van der Waals surface area contributed by atoms with E-state index in [1.165, 1.54) is 32.1 Å². The molecule has 0 aromatic rings. The molecule has 2 heteroatoms. The summed E-state index contributed by atoms with van der Waals surface area (Å²) in [7, 11) is 0. The van der Waals surface area contributed by atoms with Crippen molar-refractivity contribution in [3.8, 4) is 0 Å². The lowest BCUT2D eigenvalue weighted by Gasteiger charge is -2.33. The second kappa shape index (κ2) is 4.63. The van der Waals surface area contributed by atoms with Crippen LogP contribution in [0.1, 0.15) is 39.0 Å². The van der Waals surface area contributed by atoms with Crippen LogP contribution < -0.4 is 5.32 Å². The summed E-state index contributed by atoms with van der Waals surface area (Å²) in [4.78, 5) is 0. The van der Waals surface area contributed by atoms with Crippen LogP contribution >= 0.6 is 0 Å². The van der Waals surface area contributed by atoms with Crippen molar-refractivity contribution in [1.29, 1.82) is 0 Å². The van der Waals surface area contributed by atoms with E-state index in [0.717, 1.165) is 19.0 Å². The van der Waals surface area contributed by atoms with Crippen LogP contribution in [-0.2, 0) is 0 Å². The average molecular weight is 197 g/mol. The van der Waals surface area contributed by atoms with Crippen molar-refractivity contribution in [3.63, 3.8) is 0 Å². The van der Waals surface area contributed by atoms with Gasteiger partial charge in [0.25, 0.3) is 0 Å². The van der Waals surface area contributed by atoms with Gasteiger partial charge in [0, 0.05) is 6.54 Å². The van der Waals surface area contributed by atoms with Gasteiger partial charge in [0.1, 0.15) is 0 Å². The van der Waals surface area contributed by atoms with Gasteiger partial charge in [0.05, 0.1) is 6.10 Å². The fraction of sp³-hybridized carbons (Fsp3) is 1.00. The fourth-order valence-corrected chi connectivity index (χ4v) is 3.14. The molecule has 4 atom stereocenters. The van der Waals surface area contributed by atoms with Crippen LogP contribution in [0, 0.1) is 17.8 Å². The standard InChI is InChI=1S/C12H23NO/c1-9-3-2-4-10(7-9)12(14)11-5-6-13-8-11/h9-14H,2-8H2,1H3/t9?,10?,11-,12?/m0/s1. The molecule has 0 aromatic heterocycles. The highest BCUT2D eigenvalue weighted by molar-refractivity contribution is 4.85. The molecule has 0 aromatic carbocycles. The van der Waals surface area contributed by atoms with Crippen molar-refractivity contribution in [2.24, 2.45) is 17.8 Å². The van der Waals surface area contributed by atoms with Crippen LogP contribution in [-0.4, -0.2) is 24.3 Å². The fourth-order valence-electron chi connectivity index (χ4n) is 3.14. The molecule has 2 N–H and O–H groups in total. The Labute approximate surface area is 87.1 Å². The predicted molar refractivity (Wildman–Crippen MR) is 58.1 cm³/mol. The van der Waals surface area contributed by atoms with Gasteiger partial charge in [-0.2, -0.15) is 0 Å². The first-order chi connectivity index (χ1) is 6.77. The van der Waals surface area contributed by atoms with Gasteiger partial charge in [-0.25, -0.2) is 0 Å². The zero-order valence-corrected chi connectivity index (χ0v) is 9.21. The van der Waals surface area contributed by atoms with E-state index in [2.05, 4.69) is 12.2 Å². The van der Waals surface area contributed by atoms with Gasteiger partial charge < -0.3 is 10.4 Å². The number of rotatable bonds is 2. The van der Waals surface area contributed by atoms with Gasteiger partial charge in [0.2, 0.25) is 0 Å². The minimum atomic E-state index is -0.0345. The SMILES string of the molecule is CC1CCCC(C(O)[C@H]2CCNC2)C1. The molecular weight excluding hydrogens is 174 g/mol. The molecule has 0 radical (unpaired) electrons. The second-order valence-electron chi connectivity index (χ2n) is 5.28. The summed E-state index contributed by atoms with van der Waals surface area (Å²) in [5.41, 5.74) is 0. The molecule has 3 unspecified atom stereocenters. The lowest BCUT2D eigenvalue weighted by Crippen LogP contribution is -2.33. The van der Waals surface area contributed by atoms with Gasteiger partial charge >= 0.3 is 0 Å². The average Bonchev–Trinajstić information content (AvgIpc) is 2.69. The van der Waals surface area contributed by atoms with Crippen molar-refractivity contribution >= 4 is 0 Å². The minimum absolute atomic E-state index is 0.0345.